The van der Waals surface area contributed by atoms with E-state index in [0.717, 1.165) is 6.42 Å². The molecule has 0 saturated carbocycles. The molecular formula is C15H20O5. The highest BCUT2D eigenvalue weighted by atomic mass is 16.7. The van der Waals surface area contributed by atoms with E-state index in [1.54, 1.807) is 12.1 Å². The first-order valence-electron chi connectivity index (χ1n) is 6.83. The summed E-state index contributed by atoms with van der Waals surface area (Å²) in [6.45, 7) is 5.06. The van der Waals surface area contributed by atoms with Crippen molar-refractivity contribution in [3.05, 3.63) is 29.8 Å². The third-order valence-electron chi connectivity index (χ3n) is 3.37. The second-order valence-corrected chi connectivity index (χ2v) is 4.92. The van der Waals surface area contributed by atoms with Crippen LogP contribution in [0.5, 0.6) is 5.75 Å². The zero-order chi connectivity index (χ0) is 14.5. The van der Waals surface area contributed by atoms with Gasteiger partial charge in [0.1, 0.15) is 12.4 Å². The largest absolute Gasteiger partial charge is 0.491 e. The van der Waals surface area contributed by atoms with E-state index < -0.39 is 5.97 Å². The molecule has 1 aromatic rings. The number of carboxylic acids is 1. The fourth-order valence-electron chi connectivity index (χ4n) is 2.23. The number of benzene rings is 1. The van der Waals surface area contributed by atoms with Crippen molar-refractivity contribution in [2.75, 3.05) is 13.2 Å². The van der Waals surface area contributed by atoms with Crippen LogP contribution in [0.2, 0.25) is 0 Å². The zero-order valence-corrected chi connectivity index (χ0v) is 11.7. The monoisotopic (exact) mass is 280 g/mol. The minimum absolute atomic E-state index is 0.0277. The van der Waals surface area contributed by atoms with Gasteiger partial charge in [0.25, 0.3) is 0 Å². The zero-order valence-electron chi connectivity index (χ0n) is 11.7. The van der Waals surface area contributed by atoms with Gasteiger partial charge >= 0.3 is 5.97 Å². The number of carboxylic acid groups (broad SMARTS) is 1. The van der Waals surface area contributed by atoms with Crippen molar-refractivity contribution in [2.24, 2.45) is 5.92 Å². The summed E-state index contributed by atoms with van der Waals surface area (Å²) in [4.78, 5) is 10.9. The van der Waals surface area contributed by atoms with Crippen molar-refractivity contribution in [1.82, 2.24) is 0 Å². The van der Waals surface area contributed by atoms with Crippen LogP contribution in [0.3, 0.4) is 0 Å². The topological polar surface area (TPSA) is 65.0 Å². The van der Waals surface area contributed by atoms with Gasteiger partial charge in [-0.1, -0.05) is 13.0 Å². The molecule has 3 atom stereocenters. The molecule has 1 heterocycles. The standard InChI is InChI=1S/C15H20O5/c1-3-18-14-7-10(2)13(20-14)9-19-12-6-4-5-11(8-12)15(16)17/h4-6,8,10,13-14H,3,7,9H2,1-2H3,(H,16,17). The van der Waals surface area contributed by atoms with Crippen molar-refractivity contribution in [2.45, 2.75) is 32.7 Å². The van der Waals surface area contributed by atoms with Gasteiger partial charge in [-0.25, -0.2) is 4.79 Å². The van der Waals surface area contributed by atoms with Crippen molar-refractivity contribution in [3.8, 4) is 5.75 Å². The average Bonchev–Trinajstić information content (AvgIpc) is 2.77. The van der Waals surface area contributed by atoms with Gasteiger partial charge < -0.3 is 19.3 Å². The highest BCUT2D eigenvalue weighted by molar-refractivity contribution is 5.87. The second kappa shape index (κ2) is 6.72. The number of rotatable bonds is 6. The van der Waals surface area contributed by atoms with E-state index in [1.807, 2.05) is 6.92 Å². The molecule has 110 valence electrons. The van der Waals surface area contributed by atoms with E-state index in [0.29, 0.717) is 24.9 Å². The van der Waals surface area contributed by atoms with Crippen molar-refractivity contribution in [3.63, 3.8) is 0 Å². The SMILES string of the molecule is CCOC1CC(C)C(COc2cccc(C(=O)O)c2)O1. The molecule has 0 bridgehead atoms. The molecule has 1 aliphatic heterocycles. The van der Waals surface area contributed by atoms with Crippen LogP contribution >= 0.6 is 0 Å². The Hall–Kier alpha value is -1.59. The van der Waals surface area contributed by atoms with Crippen molar-refractivity contribution < 1.29 is 24.1 Å². The number of hydrogen-bond donors (Lipinski definition) is 1. The molecule has 0 aliphatic carbocycles. The highest BCUT2D eigenvalue weighted by Gasteiger charge is 2.33. The van der Waals surface area contributed by atoms with Gasteiger partial charge in [0.2, 0.25) is 0 Å². The Morgan fingerprint density at radius 1 is 1.50 bits per heavy atom. The normalized spacial score (nSPS) is 25.6. The molecule has 3 unspecified atom stereocenters. The Morgan fingerprint density at radius 2 is 2.30 bits per heavy atom. The van der Waals surface area contributed by atoms with Gasteiger partial charge in [-0.15, -0.1) is 0 Å². The minimum atomic E-state index is -0.961. The molecular weight excluding hydrogens is 260 g/mol. The molecule has 1 aliphatic rings. The summed E-state index contributed by atoms with van der Waals surface area (Å²) in [6, 6.07) is 6.46. The Kier molecular flexibility index (Phi) is 4.98. The Morgan fingerprint density at radius 3 is 3.00 bits per heavy atom. The molecule has 0 amide bonds. The lowest BCUT2D eigenvalue weighted by atomic mass is 10.0. The molecule has 1 saturated heterocycles. The maximum atomic E-state index is 10.9. The smallest absolute Gasteiger partial charge is 0.335 e. The molecule has 0 radical (unpaired) electrons. The Bertz CT molecular complexity index is 459. The third-order valence-corrected chi connectivity index (χ3v) is 3.37. The fraction of sp³-hybridized carbons (Fsp3) is 0.533. The number of hydrogen-bond acceptors (Lipinski definition) is 4. The van der Waals surface area contributed by atoms with Gasteiger partial charge in [0, 0.05) is 13.0 Å². The summed E-state index contributed by atoms with van der Waals surface area (Å²) in [5.74, 6) is -0.0629. The van der Waals surface area contributed by atoms with Gasteiger partial charge in [-0.3, -0.25) is 0 Å². The lowest BCUT2D eigenvalue weighted by molar-refractivity contribution is -0.136. The minimum Gasteiger partial charge on any atom is -0.491 e. The second-order valence-electron chi connectivity index (χ2n) is 4.92. The van der Waals surface area contributed by atoms with Crippen LogP contribution < -0.4 is 4.74 Å². The maximum absolute atomic E-state index is 10.9. The number of aromatic carboxylic acids is 1. The van der Waals surface area contributed by atoms with Crippen LogP contribution in [-0.2, 0) is 9.47 Å². The lowest BCUT2D eigenvalue weighted by Crippen LogP contribution is -2.23. The van der Waals surface area contributed by atoms with E-state index in [9.17, 15) is 4.79 Å². The molecule has 1 aromatic carbocycles. The van der Waals surface area contributed by atoms with Gasteiger partial charge in [0.05, 0.1) is 11.7 Å². The number of carbonyl (C=O) groups is 1. The van der Waals surface area contributed by atoms with E-state index in [4.69, 9.17) is 19.3 Å². The molecule has 5 heteroatoms. The Labute approximate surface area is 118 Å². The summed E-state index contributed by atoms with van der Waals surface area (Å²) in [6.07, 6.45) is 0.672. The summed E-state index contributed by atoms with van der Waals surface area (Å²) in [5.41, 5.74) is 0.218. The van der Waals surface area contributed by atoms with Crippen molar-refractivity contribution in [1.29, 1.82) is 0 Å². The van der Waals surface area contributed by atoms with Crippen LogP contribution in [0.4, 0.5) is 0 Å². The summed E-state index contributed by atoms with van der Waals surface area (Å²) in [5, 5.41) is 8.93. The fourth-order valence-corrected chi connectivity index (χ4v) is 2.23. The van der Waals surface area contributed by atoms with Gasteiger partial charge in [-0.2, -0.15) is 0 Å². The first kappa shape index (κ1) is 14.8. The third kappa shape index (κ3) is 3.71. The molecule has 0 aromatic heterocycles. The van der Waals surface area contributed by atoms with E-state index >= 15 is 0 Å². The van der Waals surface area contributed by atoms with Crippen molar-refractivity contribution >= 4 is 5.97 Å². The first-order valence-corrected chi connectivity index (χ1v) is 6.83. The van der Waals surface area contributed by atoms with E-state index in [-0.39, 0.29) is 18.0 Å². The molecule has 1 fully saturated rings. The van der Waals surface area contributed by atoms with Crippen LogP contribution in [0.25, 0.3) is 0 Å². The van der Waals surface area contributed by atoms with E-state index in [2.05, 4.69) is 6.92 Å². The van der Waals surface area contributed by atoms with Crippen LogP contribution in [0.15, 0.2) is 24.3 Å². The predicted molar refractivity (Wildman–Crippen MR) is 73.0 cm³/mol. The molecule has 2 rings (SSSR count). The quantitative estimate of drug-likeness (QED) is 0.867. The summed E-state index contributed by atoms with van der Waals surface area (Å²) < 4.78 is 16.8. The molecule has 20 heavy (non-hydrogen) atoms. The van der Waals surface area contributed by atoms with Gasteiger partial charge in [-0.05, 0) is 31.0 Å². The van der Waals surface area contributed by atoms with Gasteiger partial charge in [0.15, 0.2) is 6.29 Å². The number of ether oxygens (including phenoxy) is 3. The van der Waals surface area contributed by atoms with E-state index in [1.165, 1.54) is 12.1 Å². The highest BCUT2D eigenvalue weighted by Crippen LogP contribution is 2.27. The average molecular weight is 280 g/mol. The summed E-state index contributed by atoms with van der Waals surface area (Å²) in [7, 11) is 0. The molecule has 5 nitrogen and oxygen atoms in total. The predicted octanol–water partition coefficient (Wildman–Crippen LogP) is 2.55. The van der Waals surface area contributed by atoms with Crippen LogP contribution in [0, 0.1) is 5.92 Å². The van der Waals surface area contributed by atoms with Crippen LogP contribution in [-0.4, -0.2) is 36.7 Å². The maximum Gasteiger partial charge on any atom is 0.335 e. The summed E-state index contributed by atoms with van der Waals surface area (Å²) >= 11 is 0. The first-order chi connectivity index (χ1) is 9.60. The Balaban J connectivity index is 1.89. The lowest BCUT2D eigenvalue weighted by Gasteiger charge is -2.16. The van der Waals surface area contributed by atoms with Crippen LogP contribution in [0.1, 0.15) is 30.6 Å². The molecule has 1 N–H and O–H groups in total. The molecule has 0 spiro atoms.